The van der Waals surface area contributed by atoms with E-state index in [-0.39, 0.29) is 17.6 Å². The van der Waals surface area contributed by atoms with Gasteiger partial charge in [-0.25, -0.2) is 0 Å². The maximum atomic E-state index is 12.6. The Labute approximate surface area is 198 Å². The molecule has 0 atom stereocenters. The minimum atomic E-state index is -0.404. The molecule has 1 heterocycles. The first-order chi connectivity index (χ1) is 15.9. The molecule has 3 amide bonds. The molecular formula is C21H21N5O5S2. The number of anilines is 3. The molecule has 0 saturated carbocycles. The largest absolute Gasteiger partial charge is 0.497 e. The molecule has 0 spiro atoms. The normalized spacial score (nSPS) is 10.3. The molecule has 0 unspecified atom stereocenters. The number of hydrogen-bond acceptors (Lipinski definition) is 9. The third kappa shape index (κ3) is 6.92. The van der Waals surface area contributed by atoms with Crippen LogP contribution in [-0.2, 0) is 9.59 Å². The summed E-state index contributed by atoms with van der Waals surface area (Å²) in [5, 5.41) is 16.3. The molecule has 0 saturated heterocycles. The third-order valence-electron chi connectivity index (χ3n) is 4.07. The average Bonchev–Trinajstić information content (AvgIpc) is 3.24. The second-order valence-corrected chi connectivity index (χ2v) is 8.69. The highest BCUT2D eigenvalue weighted by atomic mass is 32.2. The Kier molecular flexibility index (Phi) is 8.22. The maximum absolute atomic E-state index is 12.6. The van der Waals surface area contributed by atoms with Gasteiger partial charge in [-0.15, -0.1) is 10.2 Å². The van der Waals surface area contributed by atoms with Crippen LogP contribution in [0.1, 0.15) is 17.3 Å². The number of hydrogen-bond donors (Lipinski definition) is 3. The van der Waals surface area contributed by atoms with Crippen molar-refractivity contribution in [1.82, 2.24) is 10.2 Å². The molecule has 0 bridgehead atoms. The molecule has 3 N–H and O–H groups in total. The van der Waals surface area contributed by atoms with Gasteiger partial charge < -0.3 is 20.1 Å². The number of amides is 3. The molecule has 1 aromatic heterocycles. The van der Waals surface area contributed by atoms with Crippen molar-refractivity contribution in [3.63, 3.8) is 0 Å². The fourth-order valence-corrected chi connectivity index (χ4v) is 4.22. The highest BCUT2D eigenvalue weighted by Gasteiger charge is 2.16. The minimum Gasteiger partial charge on any atom is -0.497 e. The van der Waals surface area contributed by atoms with E-state index in [9.17, 15) is 14.4 Å². The van der Waals surface area contributed by atoms with Crippen molar-refractivity contribution in [3.8, 4) is 11.5 Å². The Morgan fingerprint density at radius 1 is 0.970 bits per heavy atom. The quantitative estimate of drug-likeness (QED) is 0.309. The summed E-state index contributed by atoms with van der Waals surface area (Å²) in [6.45, 7) is 1.41. The van der Waals surface area contributed by atoms with Crippen LogP contribution in [0.2, 0.25) is 0 Å². The van der Waals surface area contributed by atoms with Crippen LogP contribution in [0.15, 0.2) is 46.8 Å². The predicted octanol–water partition coefficient (Wildman–Crippen LogP) is 3.50. The van der Waals surface area contributed by atoms with Gasteiger partial charge in [0.05, 0.1) is 25.5 Å². The number of thioether (sulfide) groups is 1. The summed E-state index contributed by atoms with van der Waals surface area (Å²) in [5.74, 6) is 0.184. The van der Waals surface area contributed by atoms with Crippen molar-refractivity contribution >= 4 is 57.3 Å². The lowest BCUT2D eigenvalue weighted by atomic mass is 10.2. The molecule has 2 aromatic carbocycles. The predicted molar refractivity (Wildman–Crippen MR) is 128 cm³/mol. The zero-order valence-corrected chi connectivity index (χ0v) is 19.6. The molecule has 172 valence electrons. The Morgan fingerprint density at radius 3 is 2.42 bits per heavy atom. The molecule has 0 radical (unpaired) electrons. The molecule has 0 fully saturated rings. The first-order valence-electron chi connectivity index (χ1n) is 9.55. The second-order valence-electron chi connectivity index (χ2n) is 6.49. The van der Waals surface area contributed by atoms with Gasteiger partial charge >= 0.3 is 0 Å². The Hall–Kier alpha value is -3.64. The molecule has 10 nitrogen and oxygen atoms in total. The minimum absolute atomic E-state index is 0.0965. The Morgan fingerprint density at radius 2 is 1.73 bits per heavy atom. The third-order valence-corrected chi connectivity index (χ3v) is 6.05. The van der Waals surface area contributed by atoms with E-state index < -0.39 is 5.91 Å². The SMILES string of the molecule is COc1ccc(C(=O)Nc2nnc(SCC(=O)Nc3cccc(NC(C)=O)c3)s2)c(OC)c1. The van der Waals surface area contributed by atoms with Gasteiger partial charge in [-0.3, -0.25) is 19.7 Å². The highest BCUT2D eigenvalue weighted by molar-refractivity contribution is 8.01. The number of rotatable bonds is 9. The van der Waals surface area contributed by atoms with Crippen molar-refractivity contribution in [2.75, 3.05) is 35.9 Å². The maximum Gasteiger partial charge on any atom is 0.261 e. The standard InChI is InChI=1S/C21H21N5O5S2/c1-12(27)22-13-5-4-6-14(9-13)23-18(28)11-32-21-26-25-20(33-21)24-19(29)16-8-7-15(30-2)10-17(16)31-3/h4-10H,11H2,1-3H3,(H,22,27)(H,23,28)(H,24,25,29). The van der Waals surface area contributed by atoms with E-state index >= 15 is 0 Å². The first kappa shape index (κ1) is 24.0. The van der Waals surface area contributed by atoms with Crippen molar-refractivity contribution in [3.05, 3.63) is 48.0 Å². The van der Waals surface area contributed by atoms with Gasteiger partial charge in [-0.2, -0.15) is 0 Å². The number of carbonyl (C=O) groups is 3. The van der Waals surface area contributed by atoms with Gasteiger partial charge in [-0.1, -0.05) is 29.2 Å². The van der Waals surface area contributed by atoms with Crippen LogP contribution in [-0.4, -0.2) is 47.9 Å². The van der Waals surface area contributed by atoms with Crippen LogP contribution in [0.4, 0.5) is 16.5 Å². The summed E-state index contributed by atoms with van der Waals surface area (Å²) in [6.07, 6.45) is 0. The number of benzene rings is 2. The molecule has 12 heteroatoms. The van der Waals surface area contributed by atoms with Crippen molar-refractivity contribution in [2.45, 2.75) is 11.3 Å². The van der Waals surface area contributed by atoms with Gasteiger partial charge in [-0.05, 0) is 30.3 Å². The number of nitrogens with one attached hydrogen (secondary N) is 3. The van der Waals surface area contributed by atoms with Crippen LogP contribution in [0, 0.1) is 0 Å². The van der Waals surface area contributed by atoms with E-state index in [1.165, 1.54) is 32.9 Å². The van der Waals surface area contributed by atoms with E-state index in [2.05, 4.69) is 26.1 Å². The summed E-state index contributed by atoms with van der Waals surface area (Å²) in [7, 11) is 2.99. The lowest BCUT2D eigenvalue weighted by molar-refractivity contribution is -0.114. The zero-order chi connectivity index (χ0) is 23.8. The Bertz CT molecular complexity index is 1170. The molecule has 3 aromatic rings. The smallest absolute Gasteiger partial charge is 0.261 e. The van der Waals surface area contributed by atoms with E-state index in [0.29, 0.717) is 37.9 Å². The second kappa shape index (κ2) is 11.3. The summed E-state index contributed by atoms with van der Waals surface area (Å²) in [4.78, 5) is 36.0. The topological polar surface area (TPSA) is 132 Å². The zero-order valence-electron chi connectivity index (χ0n) is 18.0. The van der Waals surface area contributed by atoms with Crippen molar-refractivity contribution in [2.24, 2.45) is 0 Å². The summed E-state index contributed by atoms with van der Waals surface area (Å²) < 4.78 is 10.9. The molecule has 0 aliphatic heterocycles. The van der Waals surface area contributed by atoms with Gasteiger partial charge in [0.1, 0.15) is 11.5 Å². The van der Waals surface area contributed by atoms with Crippen LogP contribution < -0.4 is 25.4 Å². The van der Waals surface area contributed by atoms with Crippen LogP contribution in [0.5, 0.6) is 11.5 Å². The lowest BCUT2D eigenvalue weighted by Crippen LogP contribution is -2.14. The fourth-order valence-electron chi connectivity index (χ4n) is 2.67. The average molecular weight is 488 g/mol. The van der Waals surface area contributed by atoms with Gasteiger partial charge in [0, 0.05) is 24.4 Å². The molecular weight excluding hydrogens is 466 g/mol. The Balaban J connectivity index is 1.54. The highest BCUT2D eigenvalue weighted by Crippen LogP contribution is 2.28. The number of carbonyl (C=O) groups excluding carboxylic acids is 3. The van der Waals surface area contributed by atoms with E-state index in [0.717, 1.165) is 11.3 Å². The van der Waals surface area contributed by atoms with E-state index in [4.69, 9.17) is 9.47 Å². The van der Waals surface area contributed by atoms with Crippen molar-refractivity contribution < 1.29 is 23.9 Å². The van der Waals surface area contributed by atoms with Crippen LogP contribution in [0.3, 0.4) is 0 Å². The van der Waals surface area contributed by atoms with Crippen molar-refractivity contribution in [1.29, 1.82) is 0 Å². The summed E-state index contributed by atoms with van der Waals surface area (Å²) in [6, 6.07) is 11.7. The molecule has 0 aliphatic rings. The van der Waals surface area contributed by atoms with Gasteiger partial charge in [0.2, 0.25) is 16.9 Å². The van der Waals surface area contributed by atoms with Gasteiger partial charge in [0.25, 0.3) is 5.91 Å². The number of nitrogens with zero attached hydrogens (tertiary/aromatic N) is 2. The molecule has 0 aliphatic carbocycles. The lowest BCUT2D eigenvalue weighted by Gasteiger charge is -2.09. The van der Waals surface area contributed by atoms with Gasteiger partial charge in [0.15, 0.2) is 4.34 Å². The summed E-state index contributed by atoms with van der Waals surface area (Å²) in [5.41, 5.74) is 1.47. The number of aromatic nitrogens is 2. The molecule has 33 heavy (non-hydrogen) atoms. The van der Waals surface area contributed by atoms with Crippen LogP contribution >= 0.6 is 23.1 Å². The summed E-state index contributed by atoms with van der Waals surface area (Å²) >= 11 is 2.34. The molecule has 3 rings (SSSR count). The van der Waals surface area contributed by atoms with E-state index in [1.54, 1.807) is 42.5 Å². The first-order valence-corrected chi connectivity index (χ1v) is 11.4. The number of ether oxygens (including phenoxy) is 2. The number of methoxy groups -OCH3 is 2. The monoisotopic (exact) mass is 487 g/mol. The van der Waals surface area contributed by atoms with E-state index in [1.807, 2.05) is 0 Å². The fraction of sp³-hybridized carbons (Fsp3) is 0.190. The van der Waals surface area contributed by atoms with Crippen LogP contribution in [0.25, 0.3) is 0 Å².